The topological polar surface area (TPSA) is 88.9 Å². The second-order valence-electron chi connectivity index (χ2n) is 6.49. The molecule has 1 heterocycles. The van der Waals surface area contributed by atoms with E-state index in [9.17, 15) is 14.0 Å². The lowest BCUT2D eigenvalue weighted by Crippen LogP contribution is -2.17. The van der Waals surface area contributed by atoms with Crippen molar-refractivity contribution in [2.75, 3.05) is 16.4 Å². The van der Waals surface area contributed by atoms with E-state index in [-0.39, 0.29) is 29.8 Å². The number of carbonyl (C=O) groups excluding carboxylic acids is 2. The van der Waals surface area contributed by atoms with Crippen LogP contribution in [0.5, 0.6) is 0 Å². The number of aromatic nitrogens is 3. The fourth-order valence-electron chi connectivity index (χ4n) is 2.50. The smallest absolute Gasteiger partial charge is 0.234 e. The van der Waals surface area contributed by atoms with E-state index in [2.05, 4.69) is 20.8 Å². The molecule has 30 heavy (non-hydrogen) atoms. The highest BCUT2D eigenvalue weighted by molar-refractivity contribution is 7.99. The van der Waals surface area contributed by atoms with Crippen LogP contribution in [0.3, 0.4) is 0 Å². The number of nitrogens with one attached hydrogen (secondary N) is 2. The van der Waals surface area contributed by atoms with E-state index >= 15 is 0 Å². The van der Waals surface area contributed by atoms with Crippen LogP contribution in [0.4, 0.5) is 15.8 Å². The molecule has 10 heteroatoms. The third-order valence-electron chi connectivity index (χ3n) is 4.16. The SMILES string of the molecule is Cc1ccc(NC(=O)CSc2nnc(CC(=O)Nc3ccc(F)cc3)n2C)cc1Cl. The molecule has 2 amide bonds. The monoisotopic (exact) mass is 447 g/mol. The van der Waals surface area contributed by atoms with Crippen molar-refractivity contribution in [3.05, 3.63) is 64.7 Å². The average molecular weight is 448 g/mol. The summed E-state index contributed by atoms with van der Waals surface area (Å²) in [4.78, 5) is 24.4. The lowest BCUT2D eigenvalue weighted by molar-refractivity contribution is -0.116. The zero-order valence-corrected chi connectivity index (χ0v) is 17.9. The van der Waals surface area contributed by atoms with Crippen molar-refractivity contribution in [2.24, 2.45) is 7.05 Å². The molecule has 0 radical (unpaired) electrons. The lowest BCUT2D eigenvalue weighted by atomic mass is 10.2. The second-order valence-corrected chi connectivity index (χ2v) is 7.84. The quantitative estimate of drug-likeness (QED) is 0.537. The van der Waals surface area contributed by atoms with Crippen molar-refractivity contribution < 1.29 is 14.0 Å². The van der Waals surface area contributed by atoms with Gasteiger partial charge in [-0.1, -0.05) is 29.4 Å². The number of benzene rings is 2. The summed E-state index contributed by atoms with van der Waals surface area (Å²) in [5, 5.41) is 14.6. The van der Waals surface area contributed by atoms with Crippen LogP contribution in [-0.2, 0) is 23.1 Å². The number of halogens is 2. The van der Waals surface area contributed by atoms with Crippen LogP contribution >= 0.6 is 23.4 Å². The molecule has 3 rings (SSSR count). The number of amides is 2. The third kappa shape index (κ3) is 5.80. The van der Waals surface area contributed by atoms with Gasteiger partial charge < -0.3 is 15.2 Å². The Morgan fingerprint density at radius 3 is 2.43 bits per heavy atom. The van der Waals surface area contributed by atoms with E-state index in [0.717, 1.165) is 5.56 Å². The van der Waals surface area contributed by atoms with Gasteiger partial charge in [-0.25, -0.2) is 4.39 Å². The van der Waals surface area contributed by atoms with Gasteiger partial charge in [-0.2, -0.15) is 0 Å². The number of aryl methyl sites for hydroxylation is 1. The highest BCUT2D eigenvalue weighted by Gasteiger charge is 2.15. The Bertz CT molecular complexity index is 1070. The summed E-state index contributed by atoms with van der Waals surface area (Å²) in [6, 6.07) is 10.8. The van der Waals surface area contributed by atoms with Gasteiger partial charge in [-0.05, 0) is 48.9 Å². The molecule has 0 unspecified atom stereocenters. The van der Waals surface area contributed by atoms with E-state index in [4.69, 9.17) is 11.6 Å². The van der Waals surface area contributed by atoms with E-state index in [1.807, 2.05) is 13.0 Å². The lowest BCUT2D eigenvalue weighted by Gasteiger charge is -2.07. The molecule has 156 valence electrons. The molecular weight excluding hydrogens is 429 g/mol. The van der Waals surface area contributed by atoms with Gasteiger partial charge in [0.1, 0.15) is 11.6 Å². The van der Waals surface area contributed by atoms with Crippen LogP contribution in [0.15, 0.2) is 47.6 Å². The summed E-state index contributed by atoms with van der Waals surface area (Å²) in [6.45, 7) is 1.88. The minimum atomic E-state index is -0.377. The summed E-state index contributed by atoms with van der Waals surface area (Å²) in [5.41, 5.74) is 2.04. The van der Waals surface area contributed by atoms with Gasteiger partial charge in [0.15, 0.2) is 5.16 Å². The van der Waals surface area contributed by atoms with Gasteiger partial charge in [-0.15, -0.1) is 10.2 Å². The maximum atomic E-state index is 12.9. The number of carbonyl (C=O) groups is 2. The van der Waals surface area contributed by atoms with Crippen molar-refractivity contribution in [3.63, 3.8) is 0 Å². The summed E-state index contributed by atoms with van der Waals surface area (Å²) in [7, 11) is 1.72. The molecule has 0 saturated heterocycles. The van der Waals surface area contributed by atoms with Crippen LogP contribution in [0.2, 0.25) is 5.02 Å². The molecule has 0 atom stereocenters. The Balaban J connectivity index is 1.53. The summed E-state index contributed by atoms with van der Waals surface area (Å²) >= 11 is 7.27. The molecule has 0 fully saturated rings. The number of anilines is 2. The Morgan fingerprint density at radius 2 is 1.73 bits per heavy atom. The normalized spacial score (nSPS) is 10.7. The van der Waals surface area contributed by atoms with Crippen LogP contribution < -0.4 is 10.6 Å². The average Bonchev–Trinajstić information content (AvgIpc) is 3.04. The summed E-state index contributed by atoms with van der Waals surface area (Å²) in [6.07, 6.45) is -0.00447. The van der Waals surface area contributed by atoms with Crippen molar-refractivity contribution in [2.45, 2.75) is 18.5 Å². The molecule has 7 nitrogen and oxygen atoms in total. The Labute approximate surface area is 182 Å². The van der Waals surface area contributed by atoms with Crippen LogP contribution in [0.25, 0.3) is 0 Å². The highest BCUT2D eigenvalue weighted by atomic mass is 35.5. The van der Waals surface area contributed by atoms with Crippen molar-refractivity contribution in [1.29, 1.82) is 0 Å². The highest BCUT2D eigenvalue weighted by Crippen LogP contribution is 2.21. The maximum Gasteiger partial charge on any atom is 0.234 e. The zero-order valence-electron chi connectivity index (χ0n) is 16.3. The van der Waals surface area contributed by atoms with Gasteiger partial charge >= 0.3 is 0 Å². The first-order chi connectivity index (χ1) is 14.3. The first-order valence-electron chi connectivity index (χ1n) is 8.94. The van der Waals surface area contributed by atoms with E-state index in [0.29, 0.717) is 27.4 Å². The minimum Gasteiger partial charge on any atom is -0.326 e. The molecule has 0 bridgehead atoms. The first kappa shape index (κ1) is 21.8. The standard InChI is InChI=1S/C20H19ClFN5O2S/c1-12-3-6-15(9-16(12)21)24-19(29)11-30-20-26-25-17(27(20)2)10-18(28)23-14-7-4-13(22)5-8-14/h3-9H,10-11H2,1-2H3,(H,23,28)(H,24,29). The molecule has 2 N–H and O–H groups in total. The number of hydrogen-bond donors (Lipinski definition) is 2. The molecule has 3 aromatic rings. The predicted octanol–water partition coefficient (Wildman–Crippen LogP) is 3.83. The predicted molar refractivity (Wildman–Crippen MR) is 115 cm³/mol. The van der Waals surface area contributed by atoms with Gasteiger partial charge in [0, 0.05) is 23.4 Å². The molecule has 0 saturated carbocycles. The van der Waals surface area contributed by atoms with E-state index in [1.54, 1.807) is 23.7 Å². The molecule has 0 aliphatic carbocycles. The largest absolute Gasteiger partial charge is 0.326 e. The number of rotatable bonds is 7. The maximum absolute atomic E-state index is 12.9. The molecule has 2 aromatic carbocycles. The van der Waals surface area contributed by atoms with E-state index in [1.165, 1.54) is 36.0 Å². The van der Waals surface area contributed by atoms with Gasteiger partial charge in [-0.3, -0.25) is 9.59 Å². The third-order valence-corrected chi connectivity index (χ3v) is 5.59. The minimum absolute atomic E-state index is 0.00447. The van der Waals surface area contributed by atoms with Gasteiger partial charge in [0.2, 0.25) is 11.8 Å². The number of thioether (sulfide) groups is 1. The molecule has 0 aliphatic heterocycles. The first-order valence-corrected chi connectivity index (χ1v) is 10.3. The Hall–Kier alpha value is -2.91. The zero-order chi connectivity index (χ0) is 21.7. The van der Waals surface area contributed by atoms with Crippen molar-refractivity contribution >= 4 is 46.6 Å². The fraction of sp³-hybridized carbons (Fsp3) is 0.200. The Kier molecular flexibility index (Phi) is 7.07. The van der Waals surface area contributed by atoms with Crippen molar-refractivity contribution in [3.8, 4) is 0 Å². The number of hydrogen-bond acceptors (Lipinski definition) is 5. The number of nitrogens with zero attached hydrogens (tertiary/aromatic N) is 3. The molecule has 1 aromatic heterocycles. The van der Waals surface area contributed by atoms with Crippen LogP contribution in [-0.4, -0.2) is 32.3 Å². The van der Waals surface area contributed by atoms with Crippen LogP contribution in [0.1, 0.15) is 11.4 Å². The van der Waals surface area contributed by atoms with E-state index < -0.39 is 0 Å². The molecule has 0 aliphatic rings. The Morgan fingerprint density at radius 1 is 1.07 bits per heavy atom. The van der Waals surface area contributed by atoms with Gasteiger partial charge in [0.05, 0.1) is 12.2 Å². The van der Waals surface area contributed by atoms with Gasteiger partial charge in [0.25, 0.3) is 0 Å². The molecular formula is C20H19ClFN5O2S. The molecule has 0 spiro atoms. The van der Waals surface area contributed by atoms with Crippen LogP contribution in [0, 0.1) is 12.7 Å². The summed E-state index contributed by atoms with van der Waals surface area (Å²) < 4.78 is 14.6. The summed E-state index contributed by atoms with van der Waals surface area (Å²) in [5.74, 6) is -0.319. The fourth-order valence-corrected chi connectivity index (χ4v) is 3.41. The van der Waals surface area contributed by atoms with Crippen molar-refractivity contribution in [1.82, 2.24) is 14.8 Å². The second kappa shape index (κ2) is 9.73.